The third-order valence-corrected chi connectivity index (χ3v) is 4.61. The molecule has 26 heavy (non-hydrogen) atoms. The van der Waals surface area contributed by atoms with Crippen LogP contribution < -0.4 is 11.1 Å². The molecular formula is C18H26Cl2N4O2. The number of rotatable bonds is 5. The molecule has 0 radical (unpaired) electrons. The molecule has 0 bridgehead atoms. The molecule has 1 amide bonds. The number of halogens is 2. The quantitative estimate of drug-likeness (QED) is 0.807. The Morgan fingerprint density at radius 2 is 2.08 bits per heavy atom. The van der Waals surface area contributed by atoms with Crippen LogP contribution >= 0.6 is 24.8 Å². The molecule has 2 atom stereocenters. The average Bonchev–Trinajstić information content (AvgIpc) is 3.16. The summed E-state index contributed by atoms with van der Waals surface area (Å²) < 4.78 is 7.27. The fraction of sp³-hybridized carbons (Fsp3) is 0.444. The van der Waals surface area contributed by atoms with Crippen LogP contribution in [0.4, 0.5) is 0 Å². The molecule has 1 saturated heterocycles. The molecule has 3 rings (SSSR count). The highest BCUT2D eigenvalue weighted by Crippen LogP contribution is 2.20. The van der Waals surface area contributed by atoms with Crippen molar-refractivity contribution in [3.8, 4) is 5.69 Å². The summed E-state index contributed by atoms with van der Waals surface area (Å²) in [5, 5.41) is 3.04. The Labute approximate surface area is 166 Å². The van der Waals surface area contributed by atoms with Gasteiger partial charge in [-0.05, 0) is 43.4 Å². The normalized spacial score (nSPS) is 16.7. The minimum absolute atomic E-state index is 0. The number of hydrogen-bond acceptors (Lipinski definition) is 4. The Balaban J connectivity index is 0.00000169. The minimum atomic E-state index is -0.479. The Kier molecular flexibility index (Phi) is 9.08. The van der Waals surface area contributed by atoms with Crippen LogP contribution in [0.2, 0.25) is 0 Å². The summed E-state index contributed by atoms with van der Waals surface area (Å²) in [4.78, 5) is 16.5. The van der Waals surface area contributed by atoms with Gasteiger partial charge in [0.15, 0.2) is 0 Å². The van der Waals surface area contributed by atoms with E-state index >= 15 is 0 Å². The number of carbonyl (C=O) groups is 1. The molecule has 1 aliphatic heterocycles. The molecule has 2 aromatic rings. The van der Waals surface area contributed by atoms with Gasteiger partial charge in [0.25, 0.3) is 0 Å². The first kappa shape index (κ1) is 22.4. The van der Waals surface area contributed by atoms with Crippen molar-refractivity contribution >= 4 is 30.7 Å². The first-order valence-corrected chi connectivity index (χ1v) is 8.37. The maximum absolute atomic E-state index is 12.4. The number of aromatic nitrogens is 2. The van der Waals surface area contributed by atoms with Gasteiger partial charge in [-0.3, -0.25) is 4.79 Å². The molecule has 1 aliphatic rings. The molecule has 2 unspecified atom stereocenters. The van der Waals surface area contributed by atoms with E-state index in [1.165, 1.54) is 0 Å². The molecule has 0 saturated carbocycles. The average molecular weight is 401 g/mol. The van der Waals surface area contributed by atoms with Crippen molar-refractivity contribution in [2.45, 2.75) is 31.8 Å². The van der Waals surface area contributed by atoms with Gasteiger partial charge in [-0.1, -0.05) is 12.1 Å². The summed E-state index contributed by atoms with van der Waals surface area (Å²) in [5.41, 5.74) is 8.20. The van der Waals surface area contributed by atoms with E-state index < -0.39 is 6.04 Å². The van der Waals surface area contributed by atoms with Crippen LogP contribution in [0.1, 0.15) is 31.4 Å². The highest BCUT2D eigenvalue weighted by molar-refractivity contribution is 5.85. The van der Waals surface area contributed by atoms with E-state index in [1.807, 2.05) is 42.0 Å². The number of imidazole rings is 1. The van der Waals surface area contributed by atoms with E-state index in [2.05, 4.69) is 10.3 Å². The zero-order valence-corrected chi connectivity index (χ0v) is 16.3. The summed E-state index contributed by atoms with van der Waals surface area (Å²) in [6.07, 6.45) is 7.08. The monoisotopic (exact) mass is 400 g/mol. The highest BCUT2D eigenvalue weighted by atomic mass is 35.5. The number of hydrogen-bond donors (Lipinski definition) is 2. The molecule has 1 aromatic carbocycles. The van der Waals surface area contributed by atoms with Crippen LogP contribution in [0.3, 0.4) is 0 Å². The molecule has 8 heteroatoms. The standard InChI is InChI=1S/C18H24N4O2.2ClH/c1-13(21-18(23)17(19)14-5-9-24-10-6-14)15-3-2-4-16(11-15)22-8-7-20-12-22;;/h2-4,7-8,11-14,17H,5-6,9-10,19H2,1H3,(H,21,23);2*1H. The number of nitrogens with two attached hydrogens (primary N) is 1. The van der Waals surface area contributed by atoms with Crippen molar-refractivity contribution in [1.82, 2.24) is 14.9 Å². The number of ether oxygens (including phenoxy) is 1. The van der Waals surface area contributed by atoms with Crippen molar-refractivity contribution in [2.24, 2.45) is 11.7 Å². The zero-order chi connectivity index (χ0) is 16.9. The van der Waals surface area contributed by atoms with Gasteiger partial charge >= 0.3 is 0 Å². The molecule has 6 nitrogen and oxygen atoms in total. The van der Waals surface area contributed by atoms with Crippen molar-refractivity contribution in [3.05, 3.63) is 48.5 Å². The summed E-state index contributed by atoms with van der Waals surface area (Å²) in [6.45, 7) is 3.35. The predicted molar refractivity (Wildman–Crippen MR) is 106 cm³/mol. The number of amides is 1. The number of nitrogens with one attached hydrogen (secondary N) is 1. The second-order valence-electron chi connectivity index (χ2n) is 6.27. The lowest BCUT2D eigenvalue weighted by Crippen LogP contribution is -2.47. The van der Waals surface area contributed by atoms with Gasteiger partial charge in [-0.2, -0.15) is 0 Å². The third-order valence-electron chi connectivity index (χ3n) is 4.61. The van der Waals surface area contributed by atoms with E-state index in [0.29, 0.717) is 13.2 Å². The molecule has 0 aliphatic carbocycles. The molecular weight excluding hydrogens is 375 g/mol. The summed E-state index contributed by atoms with van der Waals surface area (Å²) in [5.74, 6) is 0.102. The largest absolute Gasteiger partial charge is 0.381 e. The Hall–Kier alpha value is -1.60. The van der Waals surface area contributed by atoms with Crippen LogP contribution in [0.15, 0.2) is 43.0 Å². The van der Waals surface area contributed by atoms with Gasteiger partial charge in [0, 0.05) is 31.3 Å². The summed E-state index contributed by atoms with van der Waals surface area (Å²) in [7, 11) is 0. The van der Waals surface area contributed by atoms with Crippen LogP contribution in [0.25, 0.3) is 5.69 Å². The van der Waals surface area contributed by atoms with Crippen molar-refractivity contribution in [2.75, 3.05) is 13.2 Å². The van der Waals surface area contributed by atoms with E-state index in [9.17, 15) is 4.79 Å². The SMILES string of the molecule is CC(NC(=O)C(N)C1CCOCC1)c1cccc(-n2ccnc2)c1.Cl.Cl. The van der Waals surface area contributed by atoms with E-state index in [-0.39, 0.29) is 42.7 Å². The van der Waals surface area contributed by atoms with Crippen LogP contribution in [-0.2, 0) is 9.53 Å². The number of nitrogens with zero attached hydrogens (tertiary/aromatic N) is 2. The smallest absolute Gasteiger partial charge is 0.237 e. The summed E-state index contributed by atoms with van der Waals surface area (Å²) >= 11 is 0. The fourth-order valence-electron chi connectivity index (χ4n) is 3.05. The van der Waals surface area contributed by atoms with Crippen molar-refractivity contribution in [1.29, 1.82) is 0 Å². The van der Waals surface area contributed by atoms with Crippen LogP contribution in [0.5, 0.6) is 0 Å². The lowest BCUT2D eigenvalue weighted by atomic mass is 9.91. The van der Waals surface area contributed by atoms with Crippen molar-refractivity contribution in [3.63, 3.8) is 0 Å². The molecule has 144 valence electrons. The molecule has 3 N–H and O–H groups in total. The maximum atomic E-state index is 12.4. The first-order chi connectivity index (χ1) is 11.6. The van der Waals surface area contributed by atoms with E-state index in [0.717, 1.165) is 24.1 Å². The molecule has 0 spiro atoms. The highest BCUT2D eigenvalue weighted by Gasteiger charge is 2.27. The Morgan fingerprint density at radius 3 is 2.73 bits per heavy atom. The molecule has 1 aromatic heterocycles. The van der Waals surface area contributed by atoms with Gasteiger partial charge in [-0.15, -0.1) is 24.8 Å². The van der Waals surface area contributed by atoms with Gasteiger partial charge in [0.2, 0.25) is 5.91 Å². The topological polar surface area (TPSA) is 82.2 Å². The van der Waals surface area contributed by atoms with Gasteiger partial charge in [0.05, 0.1) is 18.4 Å². The lowest BCUT2D eigenvalue weighted by molar-refractivity contribution is -0.125. The Morgan fingerprint density at radius 1 is 1.35 bits per heavy atom. The third kappa shape index (κ3) is 5.45. The first-order valence-electron chi connectivity index (χ1n) is 8.37. The van der Waals surface area contributed by atoms with Crippen LogP contribution in [0, 0.1) is 5.92 Å². The number of carbonyl (C=O) groups excluding carboxylic acids is 1. The van der Waals surface area contributed by atoms with Crippen molar-refractivity contribution < 1.29 is 9.53 Å². The lowest BCUT2D eigenvalue weighted by Gasteiger charge is -2.28. The maximum Gasteiger partial charge on any atom is 0.237 e. The number of benzene rings is 1. The molecule has 2 heterocycles. The summed E-state index contributed by atoms with van der Waals surface area (Å²) in [6, 6.07) is 7.46. The Bertz CT molecular complexity index is 676. The minimum Gasteiger partial charge on any atom is -0.381 e. The second kappa shape index (κ2) is 10.5. The molecule has 1 fully saturated rings. The van der Waals surface area contributed by atoms with E-state index in [1.54, 1.807) is 12.5 Å². The van der Waals surface area contributed by atoms with Gasteiger partial charge < -0.3 is 20.4 Å². The predicted octanol–water partition coefficient (Wildman–Crippen LogP) is 2.65. The van der Waals surface area contributed by atoms with Gasteiger partial charge in [0.1, 0.15) is 0 Å². The van der Waals surface area contributed by atoms with Crippen LogP contribution in [-0.4, -0.2) is 34.7 Å². The second-order valence-corrected chi connectivity index (χ2v) is 6.27. The fourth-order valence-corrected chi connectivity index (χ4v) is 3.05. The van der Waals surface area contributed by atoms with Gasteiger partial charge in [-0.25, -0.2) is 4.98 Å². The zero-order valence-electron chi connectivity index (χ0n) is 14.7. The van der Waals surface area contributed by atoms with E-state index in [4.69, 9.17) is 10.5 Å².